The van der Waals surface area contributed by atoms with Gasteiger partial charge in [0.1, 0.15) is 6.26 Å². The van der Waals surface area contributed by atoms with E-state index in [4.69, 9.17) is 14.9 Å². The van der Waals surface area contributed by atoms with E-state index in [2.05, 4.69) is 10.3 Å². The van der Waals surface area contributed by atoms with E-state index in [9.17, 15) is 9.59 Å². The summed E-state index contributed by atoms with van der Waals surface area (Å²) in [6.07, 6.45) is 1.19. The normalized spacial score (nSPS) is 11.1. The summed E-state index contributed by atoms with van der Waals surface area (Å²) < 4.78 is 9.79. The molecular formula is C11H17N3O4. The van der Waals surface area contributed by atoms with Gasteiger partial charge in [-0.05, 0) is 20.8 Å². The average Bonchev–Trinajstić information content (AvgIpc) is 2.75. The Bertz CT molecular complexity index is 439. The van der Waals surface area contributed by atoms with Gasteiger partial charge in [-0.25, -0.2) is 4.79 Å². The summed E-state index contributed by atoms with van der Waals surface area (Å²) in [7, 11) is 0. The summed E-state index contributed by atoms with van der Waals surface area (Å²) in [6, 6.07) is 0.146. The van der Waals surface area contributed by atoms with Gasteiger partial charge in [0.2, 0.25) is 5.91 Å². The van der Waals surface area contributed by atoms with Crippen LogP contribution in [0.4, 0.5) is 6.01 Å². The number of hydrogen-bond acceptors (Lipinski definition) is 6. The summed E-state index contributed by atoms with van der Waals surface area (Å²) in [5.41, 5.74) is 4.57. The minimum absolute atomic E-state index is 0.0798. The lowest BCUT2D eigenvalue weighted by molar-refractivity contribution is -0.125. The molecule has 1 heterocycles. The Balaban J connectivity index is 2.60. The number of carbonyl (C=O) groups is 2. The molecule has 0 aliphatic carbocycles. The van der Waals surface area contributed by atoms with Gasteiger partial charge in [0.05, 0.1) is 12.0 Å². The van der Waals surface area contributed by atoms with Crippen molar-refractivity contribution in [2.24, 2.45) is 11.1 Å². The second-order valence-electron chi connectivity index (χ2n) is 4.36. The molecule has 0 aliphatic rings. The number of carbonyl (C=O) groups excluding carboxylic acids is 2. The molecule has 1 aromatic heterocycles. The molecule has 0 saturated heterocycles. The number of primary amides is 1. The minimum Gasteiger partial charge on any atom is -0.461 e. The number of nitrogens with zero attached hydrogens (tertiary/aromatic N) is 1. The topological polar surface area (TPSA) is 107 Å². The minimum atomic E-state index is -0.738. The number of nitrogens with two attached hydrogens (primary N) is 1. The third kappa shape index (κ3) is 3.47. The van der Waals surface area contributed by atoms with Crippen molar-refractivity contribution in [2.45, 2.75) is 20.8 Å². The Labute approximate surface area is 105 Å². The molecule has 7 heteroatoms. The molecule has 3 N–H and O–H groups in total. The maximum atomic E-state index is 11.3. The van der Waals surface area contributed by atoms with Crippen molar-refractivity contribution in [1.29, 1.82) is 0 Å². The lowest BCUT2D eigenvalue weighted by Gasteiger charge is -2.19. The molecule has 0 radical (unpaired) electrons. The Morgan fingerprint density at radius 2 is 2.22 bits per heavy atom. The van der Waals surface area contributed by atoms with Crippen LogP contribution in [-0.2, 0) is 9.53 Å². The summed E-state index contributed by atoms with van der Waals surface area (Å²) >= 11 is 0. The van der Waals surface area contributed by atoms with Crippen LogP contribution in [0.15, 0.2) is 10.7 Å². The van der Waals surface area contributed by atoms with Crippen LogP contribution in [0.3, 0.4) is 0 Å². The standard InChI is InChI=1S/C11H17N3O4/c1-4-17-8(15)7-5-18-10(14-7)13-6-11(2,3)9(12)16/h5H,4,6H2,1-3H3,(H2,12,16)(H,13,14). The Morgan fingerprint density at radius 3 is 2.78 bits per heavy atom. The number of anilines is 1. The number of nitrogens with one attached hydrogen (secondary N) is 1. The number of ether oxygens (including phenoxy) is 1. The molecule has 0 saturated carbocycles. The number of esters is 1. The second kappa shape index (κ2) is 5.52. The van der Waals surface area contributed by atoms with Crippen LogP contribution in [0.2, 0.25) is 0 Å². The molecule has 0 aromatic carbocycles. The highest BCUT2D eigenvalue weighted by Crippen LogP contribution is 2.16. The maximum Gasteiger partial charge on any atom is 0.360 e. The summed E-state index contributed by atoms with van der Waals surface area (Å²) in [6.45, 7) is 5.61. The van der Waals surface area contributed by atoms with Gasteiger partial charge in [-0.3, -0.25) is 4.79 Å². The van der Waals surface area contributed by atoms with Crippen molar-refractivity contribution in [3.63, 3.8) is 0 Å². The first-order chi connectivity index (χ1) is 8.36. The summed E-state index contributed by atoms with van der Waals surface area (Å²) in [5.74, 6) is -0.990. The second-order valence-corrected chi connectivity index (χ2v) is 4.36. The number of amides is 1. The van der Waals surface area contributed by atoms with Gasteiger partial charge in [0, 0.05) is 6.54 Å². The van der Waals surface area contributed by atoms with Crippen LogP contribution in [0, 0.1) is 5.41 Å². The number of oxazole rings is 1. The zero-order valence-corrected chi connectivity index (χ0v) is 10.6. The fourth-order valence-corrected chi connectivity index (χ4v) is 1.04. The molecule has 1 amide bonds. The van der Waals surface area contributed by atoms with Crippen LogP contribution in [0.25, 0.3) is 0 Å². The molecule has 1 rings (SSSR count). The SMILES string of the molecule is CCOC(=O)c1coc(NCC(C)(C)C(N)=O)n1. The maximum absolute atomic E-state index is 11.3. The first-order valence-corrected chi connectivity index (χ1v) is 5.53. The molecule has 100 valence electrons. The average molecular weight is 255 g/mol. The molecule has 0 atom stereocenters. The highest BCUT2D eigenvalue weighted by molar-refractivity contribution is 5.87. The Morgan fingerprint density at radius 1 is 1.56 bits per heavy atom. The van der Waals surface area contributed by atoms with E-state index in [1.807, 2.05) is 0 Å². The molecule has 0 unspecified atom stereocenters. The molecular weight excluding hydrogens is 238 g/mol. The number of rotatable bonds is 6. The molecule has 0 aliphatic heterocycles. The van der Waals surface area contributed by atoms with E-state index in [-0.39, 0.29) is 24.9 Å². The highest BCUT2D eigenvalue weighted by Gasteiger charge is 2.25. The smallest absolute Gasteiger partial charge is 0.360 e. The lowest BCUT2D eigenvalue weighted by atomic mass is 9.93. The third-order valence-electron chi connectivity index (χ3n) is 2.34. The van der Waals surface area contributed by atoms with E-state index in [0.29, 0.717) is 0 Å². The predicted octanol–water partition coefficient (Wildman–Crippen LogP) is 0.775. The van der Waals surface area contributed by atoms with Gasteiger partial charge < -0.3 is 20.2 Å². The quantitative estimate of drug-likeness (QED) is 0.727. The van der Waals surface area contributed by atoms with Gasteiger partial charge in [-0.2, -0.15) is 4.98 Å². The first kappa shape index (κ1) is 14.0. The van der Waals surface area contributed by atoms with E-state index in [0.717, 1.165) is 0 Å². The fraction of sp³-hybridized carbons (Fsp3) is 0.545. The van der Waals surface area contributed by atoms with Crippen LogP contribution in [0.5, 0.6) is 0 Å². The monoisotopic (exact) mass is 255 g/mol. The van der Waals surface area contributed by atoms with Crippen LogP contribution < -0.4 is 11.1 Å². The fourth-order valence-electron chi connectivity index (χ4n) is 1.04. The summed E-state index contributed by atoms with van der Waals surface area (Å²) in [4.78, 5) is 26.3. The van der Waals surface area contributed by atoms with Crippen LogP contribution in [-0.4, -0.2) is 30.0 Å². The van der Waals surface area contributed by atoms with Gasteiger partial charge in [-0.1, -0.05) is 0 Å². The van der Waals surface area contributed by atoms with E-state index >= 15 is 0 Å². The molecule has 0 bridgehead atoms. The zero-order valence-electron chi connectivity index (χ0n) is 10.6. The van der Waals surface area contributed by atoms with Gasteiger partial charge in [0.25, 0.3) is 6.01 Å². The van der Waals surface area contributed by atoms with Gasteiger partial charge in [0.15, 0.2) is 5.69 Å². The van der Waals surface area contributed by atoms with E-state index < -0.39 is 17.3 Å². The Kier molecular flexibility index (Phi) is 4.30. The molecule has 18 heavy (non-hydrogen) atoms. The lowest BCUT2D eigenvalue weighted by Crippen LogP contribution is -2.37. The van der Waals surface area contributed by atoms with Crippen molar-refractivity contribution in [2.75, 3.05) is 18.5 Å². The summed E-state index contributed by atoms with van der Waals surface area (Å²) in [5, 5.41) is 2.80. The van der Waals surface area contributed by atoms with Crippen molar-refractivity contribution in [1.82, 2.24) is 4.98 Å². The molecule has 1 aromatic rings. The zero-order chi connectivity index (χ0) is 13.8. The molecule has 0 fully saturated rings. The van der Waals surface area contributed by atoms with Crippen molar-refractivity contribution >= 4 is 17.9 Å². The predicted molar refractivity (Wildman–Crippen MR) is 63.9 cm³/mol. The van der Waals surface area contributed by atoms with Crippen molar-refractivity contribution in [3.05, 3.63) is 12.0 Å². The highest BCUT2D eigenvalue weighted by atomic mass is 16.5. The van der Waals surface area contributed by atoms with Crippen LogP contribution >= 0.6 is 0 Å². The largest absolute Gasteiger partial charge is 0.461 e. The van der Waals surface area contributed by atoms with Crippen LogP contribution in [0.1, 0.15) is 31.3 Å². The van der Waals surface area contributed by atoms with Crippen molar-refractivity contribution in [3.8, 4) is 0 Å². The Hall–Kier alpha value is -2.05. The third-order valence-corrected chi connectivity index (χ3v) is 2.34. The van der Waals surface area contributed by atoms with Gasteiger partial charge in [-0.15, -0.1) is 0 Å². The number of hydrogen-bond donors (Lipinski definition) is 2. The molecule has 7 nitrogen and oxygen atoms in total. The van der Waals surface area contributed by atoms with Gasteiger partial charge >= 0.3 is 5.97 Å². The first-order valence-electron chi connectivity index (χ1n) is 5.53. The van der Waals surface area contributed by atoms with E-state index in [1.165, 1.54) is 6.26 Å². The van der Waals surface area contributed by atoms with Crippen molar-refractivity contribution < 1.29 is 18.7 Å². The number of aromatic nitrogens is 1. The van der Waals surface area contributed by atoms with E-state index in [1.54, 1.807) is 20.8 Å². The molecule has 0 spiro atoms.